The zero-order valence-electron chi connectivity index (χ0n) is 6.55. The van der Waals surface area contributed by atoms with Crippen molar-refractivity contribution < 1.29 is 18.0 Å². The standard InChI is InChI=1S/C7H5F3NOS/c1-11-6(12)5-2-4(3-13-5)7(8,9)10/h2-3H,1H3. The van der Waals surface area contributed by atoms with Crippen molar-refractivity contribution in [3.63, 3.8) is 0 Å². The number of amides is 1. The maximum atomic E-state index is 12.0. The van der Waals surface area contributed by atoms with Gasteiger partial charge in [-0.15, -0.1) is 11.3 Å². The molecule has 0 saturated heterocycles. The Hall–Kier alpha value is -1.04. The molecule has 6 heteroatoms. The van der Waals surface area contributed by atoms with E-state index in [0.717, 1.165) is 22.8 Å². The minimum absolute atomic E-state index is 0.00910. The van der Waals surface area contributed by atoms with Crippen LogP contribution in [0.25, 0.3) is 0 Å². The van der Waals surface area contributed by atoms with Gasteiger partial charge in [-0.2, -0.15) is 13.2 Å². The summed E-state index contributed by atoms with van der Waals surface area (Å²) in [4.78, 5) is 10.8. The first-order valence-corrected chi connectivity index (χ1v) is 4.13. The maximum absolute atomic E-state index is 12.0. The zero-order valence-corrected chi connectivity index (χ0v) is 7.37. The molecule has 0 N–H and O–H groups in total. The van der Waals surface area contributed by atoms with E-state index in [1.165, 1.54) is 7.05 Å². The average Bonchev–Trinajstić information content (AvgIpc) is 2.50. The lowest BCUT2D eigenvalue weighted by molar-refractivity contribution is -0.137. The van der Waals surface area contributed by atoms with Crippen molar-refractivity contribution in [1.82, 2.24) is 5.32 Å². The van der Waals surface area contributed by atoms with Gasteiger partial charge >= 0.3 is 6.18 Å². The van der Waals surface area contributed by atoms with Gasteiger partial charge in [-0.05, 0) is 6.07 Å². The van der Waals surface area contributed by atoms with Crippen LogP contribution in [0.3, 0.4) is 0 Å². The van der Waals surface area contributed by atoms with E-state index >= 15 is 0 Å². The molecule has 0 aliphatic carbocycles. The number of alkyl halides is 3. The minimum atomic E-state index is -4.39. The monoisotopic (exact) mass is 208 g/mol. The van der Waals surface area contributed by atoms with Gasteiger partial charge in [0.2, 0.25) is 0 Å². The van der Waals surface area contributed by atoms with E-state index in [-0.39, 0.29) is 4.88 Å². The quantitative estimate of drug-likeness (QED) is 0.695. The summed E-state index contributed by atoms with van der Waals surface area (Å²) < 4.78 is 36.1. The second-order valence-corrected chi connectivity index (χ2v) is 3.14. The first-order valence-electron chi connectivity index (χ1n) is 3.25. The van der Waals surface area contributed by atoms with Crippen molar-refractivity contribution in [2.45, 2.75) is 6.18 Å². The van der Waals surface area contributed by atoms with Gasteiger partial charge in [0.1, 0.15) is 0 Å². The first-order chi connectivity index (χ1) is 5.95. The van der Waals surface area contributed by atoms with Crippen LogP contribution in [0.15, 0.2) is 11.4 Å². The van der Waals surface area contributed by atoms with Crippen LogP contribution in [0.5, 0.6) is 0 Å². The highest BCUT2D eigenvalue weighted by molar-refractivity contribution is 7.12. The van der Waals surface area contributed by atoms with E-state index < -0.39 is 17.6 Å². The molecule has 0 saturated carbocycles. The summed E-state index contributed by atoms with van der Waals surface area (Å²) in [5.74, 6) is -0.625. The van der Waals surface area contributed by atoms with Crippen LogP contribution in [0.4, 0.5) is 13.2 Å². The molecule has 1 radical (unpaired) electrons. The molecule has 71 valence electrons. The van der Waals surface area contributed by atoms with Crippen molar-refractivity contribution >= 4 is 17.2 Å². The normalized spacial score (nSPS) is 11.4. The largest absolute Gasteiger partial charge is 0.417 e. The van der Waals surface area contributed by atoms with Gasteiger partial charge in [0.05, 0.1) is 10.4 Å². The van der Waals surface area contributed by atoms with Crippen molar-refractivity contribution in [2.24, 2.45) is 0 Å². The van der Waals surface area contributed by atoms with Gasteiger partial charge in [0, 0.05) is 12.4 Å². The summed E-state index contributed by atoms with van der Waals surface area (Å²) in [5, 5.41) is 4.16. The molecule has 1 aromatic heterocycles. The van der Waals surface area contributed by atoms with Gasteiger partial charge in [0.15, 0.2) is 0 Å². The summed E-state index contributed by atoms with van der Waals surface area (Å²) in [6, 6.07) is 0.806. The molecule has 0 aliphatic heterocycles. The number of carbonyl (C=O) groups is 1. The van der Waals surface area contributed by atoms with E-state index in [1.807, 2.05) is 0 Å². The average molecular weight is 208 g/mol. The summed E-state index contributed by atoms with van der Waals surface area (Å²) in [5.41, 5.74) is -0.801. The number of carbonyl (C=O) groups excluding carboxylic acids is 1. The molecule has 0 atom stereocenters. The van der Waals surface area contributed by atoms with Gasteiger partial charge in [-0.3, -0.25) is 4.79 Å². The third-order valence-electron chi connectivity index (χ3n) is 1.34. The maximum Gasteiger partial charge on any atom is 0.417 e. The molecule has 1 rings (SSSR count). The lowest BCUT2D eigenvalue weighted by Crippen LogP contribution is -2.09. The molecule has 2 nitrogen and oxygen atoms in total. The molecule has 0 aromatic carbocycles. The summed E-state index contributed by atoms with van der Waals surface area (Å²) in [7, 11) is 1.25. The van der Waals surface area contributed by atoms with E-state index in [1.54, 1.807) is 0 Å². The molecule has 0 fully saturated rings. The van der Waals surface area contributed by atoms with Crippen LogP contribution in [0, 0.1) is 0 Å². The molecule has 0 aliphatic rings. The molecular weight excluding hydrogens is 203 g/mol. The van der Waals surface area contributed by atoms with Crippen LogP contribution in [0.2, 0.25) is 0 Å². The Kier molecular flexibility index (Phi) is 2.60. The molecule has 0 bridgehead atoms. The van der Waals surface area contributed by atoms with Gasteiger partial charge in [-0.1, -0.05) is 0 Å². The number of thiophene rings is 1. The van der Waals surface area contributed by atoms with Crippen molar-refractivity contribution in [1.29, 1.82) is 0 Å². The minimum Gasteiger partial charge on any atom is -0.266 e. The highest BCUT2D eigenvalue weighted by Crippen LogP contribution is 2.32. The van der Waals surface area contributed by atoms with E-state index in [9.17, 15) is 18.0 Å². The number of rotatable bonds is 1. The van der Waals surface area contributed by atoms with E-state index in [4.69, 9.17) is 0 Å². The van der Waals surface area contributed by atoms with E-state index in [2.05, 4.69) is 5.32 Å². The number of halogens is 3. The van der Waals surface area contributed by atoms with Gasteiger partial charge in [-0.25, -0.2) is 5.32 Å². The Bertz CT molecular complexity index is 318. The topological polar surface area (TPSA) is 31.2 Å². The van der Waals surface area contributed by atoms with Crippen LogP contribution < -0.4 is 5.32 Å². The van der Waals surface area contributed by atoms with Crippen LogP contribution >= 0.6 is 11.3 Å². The zero-order chi connectivity index (χ0) is 10.1. The lowest BCUT2D eigenvalue weighted by Gasteiger charge is -2.00. The van der Waals surface area contributed by atoms with Gasteiger partial charge in [0.25, 0.3) is 5.91 Å². The molecule has 0 unspecified atom stereocenters. The Balaban J connectivity index is 2.93. The Morgan fingerprint density at radius 3 is 2.54 bits per heavy atom. The Labute approximate surface area is 76.4 Å². The van der Waals surface area contributed by atoms with Crippen LogP contribution in [0.1, 0.15) is 15.2 Å². The fraction of sp³-hybridized carbons (Fsp3) is 0.286. The molecule has 1 heterocycles. The second kappa shape index (κ2) is 3.37. The van der Waals surface area contributed by atoms with Crippen molar-refractivity contribution in [3.8, 4) is 0 Å². The molecular formula is C7H5F3NOS. The Morgan fingerprint density at radius 1 is 1.54 bits per heavy atom. The smallest absolute Gasteiger partial charge is 0.266 e. The third-order valence-corrected chi connectivity index (χ3v) is 2.26. The summed E-state index contributed by atoms with van der Waals surface area (Å²) >= 11 is 0.746. The molecule has 0 spiro atoms. The fourth-order valence-corrected chi connectivity index (χ4v) is 1.55. The van der Waals surface area contributed by atoms with E-state index in [0.29, 0.717) is 0 Å². The summed E-state index contributed by atoms with van der Waals surface area (Å²) in [6.45, 7) is 0. The van der Waals surface area contributed by atoms with Crippen molar-refractivity contribution in [3.05, 3.63) is 21.9 Å². The summed E-state index contributed by atoms with van der Waals surface area (Å²) in [6.07, 6.45) is -4.39. The van der Waals surface area contributed by atoms with Crippen LogP contribution in [-0.2, 0) is 6.18 Å². The second-order valence-electron chi connectivity index (χ2n) is 2.23. The lowest BCUT2D eigenvalue weighted by atomic mass is 10.3. The predicted molar refractivity (Wildman–Crippen MR) is 41.7 cm³/mol. The molecule has 13 heavy (non-hydrogen) atoms. The predicted octanol–water partition coefficient (Wildman–Crippen LogP) is 2.14. The Morgan fingerprint density at radius 2 is 2.15 bits per heavy atom. The third kappa shape index (κ3) is 2.21. The van der Waals surface area contributed by atoms with Crippen LogP contribution in [-0.4, -0.2) is 13.0 Å². The first kappa shape index (κ1) is 10.0. The fourth-order valence-electron chi connectivity index (χ4n) is 0.707. The number of nitrogens with zero attached hydrogens (tertiary/aromatic N) is 1. The number of hydrogen-bond acceptors (Lipinski definition) is 2. The van der Waals surface area contributed by atoms with Crippen molar-refractivity contribution in [2.75, 3.05) is 7.05 Å². The highest BCUT2D eigenvalue weighted by Gasteiger charge is 2.32. The molecule has 1 amide bonds. The molecule has 1 aromatic rings. The van der Waals surface area contributed by atoms with Gasteiger partial charge < -0.3 is 0 Å². The SMILES string of the molecule is C[N]C(=O)c1cc(C(F)(F)F)cs1. The number of hydrogen-bond donors (Lipinski definition) is 0. The highest BCUT2D eigenvalue weighted by atomic mass is 32.1.